The molecule has 0 bridgehead atoms. The molecule has 0 nitrogen and oxygen atoms in total. The normalized spacial score (nSPS) is 9.75. The maximum atomic E-state index is 11.8. The van der Waals surface area contributed by atoms with Gasteiger partial charge >= 0.3 is 0 Å². The first-order valence-electron chi connectivity index (χ1n) is 4.14. The van der Waals surface area contributed by atoms with E-state index < -0.39 is 0 Å². The topological polar surface area (TPSA) is 0 Å². The fourth-order valence-electron chi connectivity index (χ4n) is 1.09. The van der Waals surface area contributed by atoms with E-state index in [-0.39, 0.29) is 6.67 Å². The van der Waals surface area contributed by atoms with Crippen molar-refractivity contribution in [2.45, 2.75) is 12.8 Å². The second kappa shape index (κ2) is 4.70. The highest BCUT2D eigenvalue weighted by Gasteiger charge is 1.91. The summed E-state index contributed by atoms with van der Waals surface area (Å²) in [5.41, 5.74) is 2.30. The van der Waals surface area contributed by atoms with Crippen LogP contribution in [0.2, 0.25) is 0 Å². The zero-order chi connectivity index (χ0) is 8.81. The summed E-state index contributed by atoms with van der Waals surface area (Å²) in [7, 11) is 0. The van der Waals surface area contributed by atoms with Crippen LogP contribution in [0.3, 0.4) is 0 Å². The second-order valence-corrected chi connectivity index (χ2v) is 2.74. The van der Waals surface area contributed by atoms with Gasteiger partial charge in [0.25, 0.3) is 0 Å². The van der Waals surface area contributed by atoms with Gasteiger partial charge in [-0.25, -0.2) is 0 Å². The maximum absolute atomic E-state index is 11.8. The molecule has 1 aromatic rings. The van der Waals surface area contributed by atoms with E-state index in [2.05, 4.69) is 6.58 Å². The van der Waals surface area contributed by atoms with Crippen LogP contribution in [0.15, 0.2) is 30.8 Å². The number of halogens is 1. The van der Waals surface area contributed by atoms with Crippen LogP contribution in [-0.2, 0) is 6.42 Å². The molecule has 0 saturated heterocycles. The fraction of sp³-hybridized carbons (Fsp3) is 0.273. The van der Waals surface area contributed by atoms with E-state index in [1.165, 1.54) is 5.56 Å². The van der Waals surface area contributed by atoms with Crippen LogP contribution in [0.5, 0.6) is 0 Å². The summed E-state index contributed by atoms with van der Waals surface area (Å²) >= 11 is 0. The Labute approximate surface area is 72.7 Å². The fourth-order valence-corrected chi connectivity index (χ4v) is 1.09. The third kappa shape index (κ3) is 2.50. The molecule has 0 aliphatic rings. The van der Waals surface area contributed by atoms with E-state index in [0.29, 0.717) is 6.42 Å². The zero-order valence-corrected chi connectivity index (χ0v) is 7.09. The van der Waals surface area contributed by atoms with Crippen LogP contribution in [0.1, 0.15) is 17.5 Å². The minimum atomic E-state index is -0.233. The molecule has 0 amide bonds. The third-order valence-corrected chi connectivity index (χ3v) is 1.81. The van der Waals surface area contributed by atoms with Crippen molar-refractivity contribution in [2.24, 2.45) is 0 Å². The van der Waals surface area contributed by atoms with Crippen LogP contribution in [-0.4, -0.2) is 6.67 Å². The van der Waals surface area contributed by atoms with Crippen molar-refractivity contribution >= 4 is 6.08 Å². The monoisotopic (exact) mass is 164 g/mol. The van der Waals surface area contributed by atoms with Crippen LogP contribution >= 0.6 is 0 Å². The van der Waals surface area contributed by atoms with Crippen molar-refractivity contribution < 1.29 is 4.39 Å². The largest absolute Gasteiger partial charge is 0.251 e. The van der Waals surface area contributed by atoms with Gasteiger partial charge in [0.05, 0.1) is 6.67 Å². The molecule has 0 atom stereocenters. The number of aryl methyl sites for hydroxylation is 1. The van der Waals surface area contributed by atoms with E-state index in [4.69, 9.17) is 0 Å². The van der Waals surface area contributed by atoms with Gasteiger partial charge in [-0.05, 0) is 24.0 Å². The Hall–Kier alpha value is -1.11. The Bertz CT molecular complexity index is 236. The van der Waals surface area contributed by atoms with Gasteiger partial charge < -0.3 is 0 Å². The highest BCUT2D eigenvalue weighted by molar-refractivity contribution is 5.47. The maximum Gasteiger partial charge on any atom is 0.0897 e. The Kier molecular flexibility index (Phi) is 3.52. The van der Waals surface area contributed by atoms with Crippen molar-refractivity contribution in [3.8, 4) is 0 Å². The van der Waals surface area contributed by atoms with E-state index in [1.807, 2.05) is 24.3 Å². The number of alkyl halides is 1. The lowest BCUT2D eigenvalue weighted by atomic mass is 10.1. The average Bonchev–Trinajstić information content (AvgIpc) is 2.15. The van der Waals surface area contributed by atoms with Crippen molar-refractivity contribution in [2.75, 3.05) is 6.67 Å². The van der Waals surface area contributed by atoms with Gasteiger partial charge in [-0.1, -0.05) is 36.9 Å². The van der Waals surface area contributed by atoms with Crippen LogP contribution in [0.4, 0.5) is 4.39 Å². The molecule has 0 fully saturated rings. The van der Waals surface area contributed by atoms with Gasteiger partial charge in [-0.3, -0.25) is 4.39 Å². The van der Waals surface area contributed by atoms with Crippen molar-refractivity contribution in [3.63, 3.8) is 0 Å². The SMILES string of the molecule is C=Cc1ccc(CCCF)cc1. The molecule has 0 aromatic heterocycles. The molecule has 12 heavy (non-hydrogen) atoms. The quantitative estimate of drug-likeness (QED) is 0.641. The summed E-state index contributed by atoms with van der Waals surface area (Å²) in [5.74, 6) is 0. The molecule has 1 heteroatoms. The Morgan fingerprint density at radius 2 is 1.92 bits per heavy atom. The first-order valence-corrected chi connectivity index (χ1v) is 4.14. The molecule has 0 aliphatic heterocycles. The minimum Gasteiger partial charge on any atom is -0.251 e. The molecule has 0 spiro atoms. The zero-order valence-electron chi connectivity index (χ0n) is 7.09. The molecule has 0 saturated carbocycles. The lowest BCUT2D eigenvalue weighted by Gasteiger charge is -1.98. The lowest BCUT2D eigenvalue weighted by molar-refractivity contribution is 0.473. The summed E-state index contributed by atoms with van der Waals surface area (Å²) in [4.78, 5) is 0. The first kappa shape index (κ1) is 8.98. The lowest BCUT2D eigenvalue weighted by Crippen LogP contribution is -1.86. The molecule has 0 unspecified atom stereocenters. The van der Waals surface area contributed by atoms with Gasteiger partial charge in [0, 0.05) is 0 Å². The van der Waals surface area contributed by atoms with Gasteiger partial charge in [0.2, 0.25) is 0 Å². The molecule has 0 aliphatic carbocycles. The smallest absolute Gasteiger partial charge is 0.0897 e. The summed E-state index contributed by atoms with van der Waals surface area (Å²) in [5, 5.41) is 0. The van der Waals surface area contributed by atoms with Gasteiger partial charge in [0.15, 0.2) is 0 Å². The highest BCUT2D eigenvalue weighted by atomic mass is 19.1. The van der Waals surface area contributed by atoms with Gasteiger partial charge in [-0.15, -0.1) is 0 Å². The molecule has 0 N–H and O–H groups in total. The molecule has 1 rings (SSSR count). The van der Waals surface area contributed by atoms with Crippen LogP contribution in [0, 0.1) is 0 Å². The summed E-state index contributed by atoms with van der Waals surface area (Å²) < 4.78 is 11.8. The number of benzene rings is 1. The third-order valence-electron chi connectivity index (χ3n) is 1.81. The molecule has 0 radical (unpaired) electrons. The van der Waals surface area contributed by atoms with E-state index >= 15 is 0 Å². The standard InChI is InChI=1S/C11H13F/c1-2-10-5-7-11(8-6-10)4-3-9-12/h2,5-8H,1,3-4,9H2. The molecule has 64 valence electrons. The summed E-state index contributed by atoms with van der Waals surface area (Å²) in [6, 6.07) is 8.04. The van der Waals surface area contributed by atoms with Crippen LogP contribution in [0.25, 0.3) is 6.08 Å². The van der Waals surface area contributed by atoms with E-state index in [0.717, 1.165) is 12.0 Å². The molecular formula is C11H13F. The average molecular weight is 164 g/mol. The first-order chi connectivity index (χ1) is 5.86. The van der Waals surface area contributed by atoms with Crippen molar-refractivity contribution in [1.82, 2.24) is 0 Å². The predicted molar refractivity (Wildman–Crippen MR) is 50.8 cm³/mol. The second-order valence-electron chi connectivity index (χ2n) is 2.74. The van der Waals surface area contributed by atoms with E-state index in [1.54, 1.807) is 6.08 Å². The Morgan fingerprint density at radius 3 is 2.42 bits per heavy atom. The number of hydrogen-bond acceptors (Lipinski definition) is 0. The van der Waals surface area contributed by atoms with Crippen molar-refractivity contribution in [3.05, 3.63) is 42.0 Å². The Morgan fingerprint density at radius 1 is 1.25 bits per heavy atom. The van der Waals surface area contributed by atoms with Gasteiger partial charge in [0.1, 0.15) is 0 Å². The highest BCUT2D eigenvalue weighted by Crippen LogP contribution is 2.07. The van der Waals surface area contributed by atoms with E-state index in [9.17, 15) is 4.39 Å². The summed E-state index contributed by atoms with van der Waals surface area (Å²) in [6.07, 6.45) is 3.25. The number of hydrogen-bond donors (Lipinski definition) is 0. The van der Waals surface area contributed by atoms with Gasteiger partial charge in [-0.2, -0.15) is 0 Å². The molecular weight excluding hydrogens is 151 g/mol. The minimum absolute atomic E-state index is 0.233. The number of rotatable bonds is 4. The van der Waals surface area contributed by atoms with Crippen LogP contribution < -0.4 is 0 Å². The predicted octanol–water partition coefficient (Wildman–Crippen LogP) is 3.23. The summed E-state index contributed by atoms with van der Waals surface area (Å²) in [6.45, 7) is 3.43. The Balaban J connectivity index is 2.58. The van der Waals surface area contributed by atoms with Crippen molar-refractivity contribution in [1.29, 1.82) is 0 Å². The molecule has 1 aromatic carbocycles. The molecule has 0 heterocycles.